The van der Waals surface area contributed by atoms with Crippen LogP contribution < -0.4 is 5.73 Å². The normalized spacial score (nSPS) is 14.4. The predicted octanol–water partition coefficient (Wildman–Crippen LogP) is 1.68. The van der Waals surface area contributed by atoms with Gasteiger partial charge in [-0.2, -0.15) is 4.98 Å². The first kappa shape index (κ1) is 12.7. The van der Waals surface area contributed by atoms with E-state index in [0.717, 1.165) is 12.1 Å². The highest BCUT2D eigenvalue weighted by Gasteiger charge is 2.29. The molecule has 2 aromatic heterocycles. The van der Waals surface area contributed by atoms with Crippen LogP contribution in [0.3, 0.4) is 0 Å². The van der Waals surface area contributed by atoms with Crippen LogP contribution in [0.4, 0.5) is 0 Å². The van der Waals surface area contributed by atoms with Crippen LogP contribution in [-0.4, -0.2) is 21.7 Å². The van der Waals surface area contributed by atoms with E-state index in [1.807, 2.05) is 25.1 Å². The van der Waals surface area contributed by atoms with Crippen LogP contribution in [-0.2, 0) is 11.8 Å². The van der Waals surface area contributed by atoms with Gasteiger partial charge in [0.15, 0.2) is 5.82 Å². The fraction of sp³-hybridized carbons (Fsp3) is 0.462. The Morgan fingerprint density at radius 1 is 1.39 bits per heavy atom. The van der Waals surface area contributed by atoms with Crippen LogP contribution in [0, 0.1) is 0 Å². The lowest BCUT2D eigenvalue weighted by Gasteiger charge is -2.20. The van der Waals surface area contributed by atoms with Crippen molar-refractivity contribution < 1.29 is 4.52 Å². The summed E-state index contributed by atoms with van der Waals surface area (Å²) in [6.07, 6.45) is 3.20. The minimum absolute atomic E-state index is 0.241. The van der Waals surface area contributed by atoms with E-state index in [1.54, 1.807) is 6.20 Å². The fourth-order valence-electron chi connectivity index (χ4n) is 1.62. The van der Waals surface area contributed by atoms with Crippen LogP contribution in [0.1, 0.15) is 37.7 Å². The number of rotatable bonds is 5. The van der Waals surface area contributed by atoms with Crippen molar-refractivity contribution in [2.75, 3.05) is 6.54 Å². The molecule has 5 nitrogen and oxygen atoms in total. The summed E-state index contributed by atoms with van der Waals surface area (Å²) in [5.74, 6) is 1.26. The van der Waals surface area contributed by atoms with Gasteiger partial charge in [-0.1, -0.05) is 18.1 Å². The molecule has 0 aromatic carbocycles. The minimum Gasteiger partial charge on any atom is -0.339 e. The molecule has 0 fully saturated rings. The average molecular weight is 246 g/mol. The lowest BCUT2D eigenvalue weighted by atomic mass is 9.88. The Morgan fingerprint density at radius 2 is 2.22 bits per heavy atom. The average Bonchev–Trinajstić information content (AvgIpc) is 2.88. The first-order valence-corrected chi connectivity index (χ1v) is 6.11. The zero-order valence-corrected chi connectivity index (χ0v) is 10.8. The standard InChI is InChI=1S/C13H18N4O/c1-3-13(2,9-14)12-16-11(17-18-12)8-10-6-4-5-7-15-10/h4-7H,3,8-9,14H2,1-2H3. The molecule has 0 bridgehead atoms. The summed E-state index contributed by atoms with van der Waals surface area (Å²) >= 11 is 0. The van der Waals surface area contributed by atoms with Gasteiger partial charge in [-0.3, -0.25) is 4.98 Å². The summed E-state index contributed by atoms with van der Waals surface area (Å²) in [7, 11) is 0. The van der Waals surface area contributed by atoms with Gasteiger partial charge in [0.2, 0.25) is 5.89 Å². The topological polar surface area (TPSA) is 77.8 Å². The highest BCUT2D eigenvalue weighted by atomic mass is 16.5. The Hall–Kier alpha value is -1.75. The summed E-state index contributed by atoms with van der Waals surface area (Å²) in [6, 6.07) is 5.77. The molecule has 0 saturated heterocycles. The third-order valence-corrected chi connectivity index (χ3v) is 3.28. The Bertz CT molecular complexity index is 491. The van der Waals surface area contributed by atoms with Crippen LogP contribution in [0.5, 0.6) is 0 Å². The van der Waals surface area contributed by atoms with Gasteiger partial charge in [0.25, 0.3) is 0 Å². The third kappa shape index (κ3) is 2.56. The molecule has 0 radical (unpaired) electrons. The van der Waals surface area contributed by atoms with Crippen LogP contribution in [0.15, 0.2) is 28.9 Å². The number of aromatic nitrogens is 3. The first-order valence-electron chi connectivity index (χ1n) is 6.11. The lowest BCUT2D eigenvalue weighted by molar-refractivity contribution is 0.289. The number of nitrogens with zero attached hydrogens (tertiary/aromatic N) is 3. The highest BCUT2D eigenvalue weighted by Crippen LogP contribution is 2.24. The number of pyridine rings is 1. The zero-order valence-electron chi connectivity index (χ0n) is 10.8. The molecule has 0 aliphatic carbocycles. The van der Waals surface area contributed by atoms with Gasteiger partial charge in [-0.15, -0.1) is 0 Å². The molecule has 0 amide bonds. The second kappa shape index (κ2) is 5.27. The number of hydrogen-bond donors (Lipinski definition) is 1. The predicted molar refractivity (Wildman–Crippen MR) is 68.0 cm³/mol. The molecule has 1 unspecified atom stereocenters. The Kier molecular flexibility index (Phi) is 3.72. The van der Waals surface area contributed by atoms with Crippen molar-refractivity contribution in [1.29, 1.82) is 0 Å². The second-order valence-electron chi connectivity index (χ2n) is 4.63. The van der Waals surface area contributed by atoms with Gasteiger partial charge < -0.3 is 10.3 Å². The maximum Gasteiger partial charge on any atom is 0.233 e. The van der Waals surface area contributed by atoms with Crippen molar-refractivity contribution in [3.05, 3.63) is 41.8 Å². The smallest absolute Gasteiger partial charge is 0.233 e. The summed E-state index contributed by atoms with van der Waals surface area (Å²) in [6.45, 7) is 4.59. The van der Waals surface area contributed by atoms with Crippen molar-refractivity contribution in [2.45, 2.75) is 32.1 Å². The van der Waals surface area contributed by atoms with E-state index in [9.17, 15) is 0 Å². The van der Waals surface area contributed by atoms with Crippen molar-refractivity contribution in [3.8, 4) is 0 Å². The summed E-state index contributed by atoms with van der Waals surface area (Å²) in [5.41, 5.74) is 6.46. The van der Waals surface area contributed by atoms with Gasteiger partial charge in [-0.05, 0) is 25.5 Å². The lowest BCUT2D eigenvalue weighted by Crippen LogP contribution is -2.31. The quantitative estimate of drug-likeness (QED) is 0.868. The molecule has 2 rings (SSSR count). The van der Waals surface area contributed by atoms with Gasteiger partial charge in [0.05, 0.1) is 11.8 Å². The van der Waals surface area contributed by atoms with E-state index in [1.165, 1.54) is 0 Å². The molecule has 0 aliphatic heterocycles. The molecule has 2 heterocycles. The molecule has 5 heteroatoms. The van der Waals surface area contributed by atoms with Crippen LogP contribution in [0.2, 0.25) is 0 Å². The summed E-state index contributed by atoms with van der Waals surface area (Å²) < 4.78 is 5.31. The molecule has 96 valence electrons. The van der Waals surface area contributed by atoms with Crippen molar-refractivity contribution >= 4 is 0 Å². The number of hydrogen-bond acceptors (Lipinski definition) is 5. The number of nitrogens with two attached hydrogens (primary N) is 1. The summed E-state index contributed by atoms with van der Waals surface area (Å²) in [5, 5.41) is 3.99. The minimum atomic E-state index is -0.241. The van der Waals surface area contributed by atoms with E-state index in [0.29, 0.717) is 24.7 Å². The van der Waals surface area contributed by atoms with Gasteiger partial charge in [0.1, 0.15) is 0 Å². The molecule has 18 heavy (non-hydrogen) atoms. The Balaban J connectivity index is 2.16. The second-order valence-corrected chi connectivity index (χ2v) is 4.63. The van der Waals surface area contributed by atoms with E-state index >= 15 is 0 Å². The highest BCUT2D eigenvalue weighted by molar-refractivity contribution is 5.11. The third-order valence-electron chi connectivity index (χ3n) is 3.28. The van der Waals surface area contributed by atoms with Crippen LogP contribution in [0.25, 0.3) is 0 Å². The maximum absolute atomic E-state index is 5.77. The van der Waals surface area contributed by atoms with Crippen molar-refractivity contribution in [1.82, 2.24) is 15.1 Å². The molecule has 1 atom stereocenters. The van der Waals surface area contributed by atoms with Crippen molar-refractivity contribution in [3.63, 3.8) is 0 Å². The Morgan fingerprint density at radius 3 is 2.83 bits per heavy atom. The molecule has 0 saturated carbocycles. The molecule has 2 N–H and O–H groups in total. The van der Waals surface area contributed by atoms with E-state index < -0.39 is 0 Å². The van der Waals surface area contributed by atoms with Gasteiger partial charge >= 0.3 is 0 Å². The SMILES string of the molecule is CCC(C)(CN)c1nc(Cc2ccccn2)no1. The first-order chi connectivity index (χ1) is 8.68. The molecule has 0 spiro atoms. The van der Waals surface area contributed by atoms with Crippen LogP contribution >= 0.6 is 0 Å². The summed E-state index contributed by atoms with van der Waals surface area (Å²) in [4.78, 5) is 8.66. The monoisotopic (exact) mass is 246 g/mol. The molecule has 0 aliphatic rings. The van der Waals surface area contributed by atoms with E-state index in [4.69, 9.17) is 10.3 Å². The Labute approximate surface area is 106 Å². The largest absolute Gasteiger partial charge is 0.339 e. The van der Waals surface area contributed by atoms with Gasteiger partial charge in [-0.25, -0.2) is 0 Å². The van der Waals surface area contributed by atoms with Crippen molar-refractivity contribution in [2.24, 2.45) is 5.73 Å². The van der Waals surface area contributed by atoms with E-state index in [-0.39, 0.29) is 5.41 Å². The zero-order chi connectivity index (χ0) is 13.0. The maximum atomic E-state index is 5.77. The molecule has 2 aromatic rings. The molecular weight excluding hydrogens is 228 g/mol. The molecular formula is C13H18N4O. The van der Waals surface area contributed by atoms with Gasteiger partial charge in [0, 0.05) is 18.4 Å². The van der Waals surface area contributed by atoms with E-state index in [2.05, 4.69) is 22.0 Å². The fourth-order valence-corrected chi connectivity index (χ4v) is 1.62.